The van der Waals surface area contributed by atoms with Crippen LogP contribution in [0.25, 0.3) is 11.0 Å². The molecule has 7 heteroatoms. The summed E-state index contributed by atoms with van der Waals surface area (Å²) < 4.78 is 13.8. The summed E-state index contributed by atoms with van der Waals surface area (Å²) in [6.45, 7) is 5.69. The number of imidazole rings is 1. The number of halogens is 1. The zero-order chi connectivity index (χ0) is 22.2. The number of aryl methyl sites for hydroxylation is 1. The summed E-state index contributed by atoms with van der Waals surface area (Å²) in [6, 6.07) is 11.5. The molecule has 1 heterocycles. The SMILES string of the molecule is CCCCCOc1ccc(Cn2c(C)nc3cccc(OCCCC(=O)O)c32)c(Cl)c1. The van der Waals surface area contributed by atoms with Gasteiger partial charge >= 0.3 is 5.97 Å². The molecule has 0 atom stereocenters. The summed E-state index contributed by atoms with van der Waals surface area (Å²) in [5, 5.41) is 9.47. The Balaban J connectivity index is 1.78. The van der Waals surface area contributed by atoms with Crippen molar-refractivity contribution < 1.29 is 19.4 Å². The third-order valence-electron chi connectivity index (χ3n) is 5.08. The maximum Gasteiger partial charge on any atom is 0.303 e. The van der Waals surface area contributed by atoms with Gasteiger partial charge < -0.3 is 19.1 Å². The molecule has 0 aliphatic carbocycles. The number of hydrogen-bond donors (Lipinski definition) is 1. The summed E-state index contributed by atoms with van der Waals surface area (Å²) in [5.74, 6) is 1.50. The number of fused-ring (bicyclic) bond motifs is 1. The molecular formula is C24H29ClN2O4. The average molecular weight is 445 g/mol. The highest BCUT2D eigenvalue weighted by Gasteiger charge is 2.15. The van der Waals surface area contributed by atoms with Crippen LogP contribution in [0.5, 0.6) is 11.5 Å². The molecular weight excluding hydrogens is 416 g/mol. The van der Waals surface area contributed by atoms with E-state index in [0.717, 1.165) is 47.4 Å². The first-order valence-electron chi connectivity index (χ1n) is 10.7. The quantitative estimate of drug-likeness (QED) is 0.354. The van der Waals surface area contributed by atoms with Gasteiger partial charge in [-0.1, -0.05) is 43.5 Å². The van der Waals surface area contributed by atoms with Gasteiger partial charge in [-0.3, -0.25) is 4.79 Å². The van der Waals surface area contributed by atoms with Crippen LogP contribution in [-0.2, 0) is 11.3 Å². The third kappa shape index (κ3) is 6.14. The molecule has 0 saturated heterocycles. The van der Waals surface area contributed by atoms with Gasteiger partial charge in [0.1, 0.15) is 22.8 Å². The first-order valence-corrected chi connectivity index (χ1v) is 11.1. The molecule has 0 unspecified atom stereocenters. The van der Waals surface area contributed by atoms with E-state index in [1.807, 2.05) is 43.3 Å². The lowest BCUT2D eigenvalue weighted by atomic mass is 10.2. The average Bonchev–Trinajstić information content (AvgIpc) is 3.06. The molecule has 166 valence electrons. The molecule has 0 radical (unpaired) electrons. The number of carbonyl (C=O) groups is 1. The standard InChI is InChI=1S/C24H29ClN2O4/c1-3-4-5-13-30-19-12-11-18(20(25)15-19)16-27-17(2)26-21-8-6-9-22(24(21)27)31-14-7-10-23(28)29/h6,8-9,11-12,15H,3-5,7,10,13-14,16H2,1-2H3,(H,28,29). The van der Waals surface area contributed by atoms with Crippen LogP contribution in [0, 0.1) is 6.92 Å². The molecule has 2 aromatic carbocycles. The van der Waals surface area contributed by atoms with Gasteiger partial charge in [0.2, 0.25) is 0 Å². The Kier molecular flexibility index (Phi) is 8.18. The number of carboxylic acid groups (broad SMARTS) is 1. The molecule has 3 aromatic rings. The smallest absolute Gasteiger partial charge is 0.303 e. The maximum atomic E-state index is 10.7. The molecule has 1 aromatic heterocycles. The van der Waals surface area contributed by atoms with E-state index in [2.05, 4.69) is 16.5 Å². The van der Waals surface area contributed by atoms with Gasteiger partial charge in [0.25, 0.3) is 0 Å². The zero-order valence-electron chi connectivity index (χ0n) is 18.1. The van der Waals surface area contributed by atoms with Crippen LogP contribution in [0.15, 0.2) is 36.4 Å². The number of rotatable bonds is 12. The Morgan fingerprint density at radius 1 is 1.13 bits per heavy atom. The second-order valence-corrected chi connectivity index (χ2v) is 7.93. The largest absolute Gasteiger partial charge is 0.494 e. The van der Waals surface area contributed by atoms with Gasteiger partial charge in [-0.25, -0.2) is 4.98 Å². The van der Waals surface area contributed by atoms with Crippen molar-refractivity contribution in [2.24, 2.45) is 0 Å². The van der Waals surface area contributed by atoms with E-state index in [4.69, 9.17) is 26.2 Å². The Morgan fingerprint density at radius 2 is 1.94 bits per heavy atom. The predicted molar refractivity (Wildman–Crippen MR) is 122 cm³/mol. The maximum absolute atomic E-state index is 10.7. The number of ether oxygens (including phenoxy) is 2. The van der Waals surface area contributed by atoms with Crippen LogP contribution in [0.3, 0.4) is 0 Å². The van der Waals surface area contributed by atoms with Crippen LogP contribution < -0.4 is 9.47 Å². The Labute approximate surface area is 187 Å². The van der Waals surface area contributed by atoms with Crippen LogP contribution in [0.2, 0.25) is 5.02 Å². The van der Waals surface area contributed by atoms with E-state index in [1.54, 1.807) is 0 Å². The van der Waals surface area contributed by atoms with E-state index in [9.17, 15) is 4.79 Å². The van der Waals surface area contributed by atoms with Gasteiger partial charge in [-0.15, -0.1) is 0 Å². The number of nitrogens with zero attached hydrogens (tertiary/aromatic N) is 2. The molecule has 0 aliphatic rings. The highest BCUT2D eigenvalue weighted by atomic mass is 35.5. The van der Waals surface area contributed by atoms with Gasteiger partial charge in [-0.2, -0.15) is 0 Å². The molecule has 31 heavy (non-hydrogen) atoms. The Hall–Kier alpha value is -2.73. The molecule has 0 fully saturated rings. The molecule has 1 N–H and O–H groups in total. The van der Waals surface area contributed by atoms with Gasteiger partial charge in [-0.05, 0) is 49.6 Å². The Bertz CT molecular complexity index is 1030. The second kappa shape index (κ2) is 11.0. The molecule has 3 rings (SSSR count). The lowest BCUT2D eigenvalue weighted by Gasteiger charge is -2.13. The first kappa shape index (κ1) is 22.9. The zero-order valence-corrected chi connectivity index (χ0v) is 18.8. The Morgan fingerprint density at radius 3 is 2.68 bits per heavy atom. The number of hydrogen-bond acceptors (Lipinski definition) is 4. The minimum Gasteiger partial charge on any atom is -0.494 e. The van der Waals surface area contributed by atoms with Gasteiger partial charge in [0, 0.05) is 11.4 Å². The summed E-state index contributed by atoms with van der Waals surface area (Å²) in [6.07, 6.45) is 3.87. The van der Waals surface area contributed by atoms with Crippen LogP contribution in [0.4, 0.5) is 0 Å². The molecule has 0 spiro atoms. The van der Waals surface area contributed by atoms with Crippen LogP contribution >= 0.6 is 11.6 Å². The number of aromatic nitrogens is 2. The highest BCUT2D eigenvalue weighted by molar-refractivity contribution is 6.31. The third-order valence-corrected chi connectivity index (χ3v) is 5.43. The first-order chi connectivity index (χ1) is 15.0. The van der Waals surface area contributed by atoms with Crippen molar-refractivity contribution in [2.45, 2.75) is 52.5 Å². The van der Waals surface area contributed by atoms with E-state index in [0.29, 0.717) is 37.0 Å². The summed E-state index contributed by atoms with van der Waals surface area (Å²) in [7, 11) is 0. The number of carboxylic acids is 1. The number of aliphatic carboxylic acids is 1. The molecule has 0 amide bonds. The van der Waals surface area contributed by atoms with Crippen molar-refractivity contribution in [3.8, 4) is 11.5 Å². The minimum absolute atomic E-state index is 0.0801. The van der Waals surface area contributed by atoms with Gasteiger partial charge in [0.15, 0.2) is 0 Å². The summed E-state index contributed by atoms with van der Waals surface area (Å²) in [4.78, 5) is 15.4. The fourth-order valence-electron chi connectivity index (χ4n) is 3.44. The van der Waals surface area contributed by atoms with Crippen molar-refractivity contribution in [1.82, 2.24) is 9.55 Å². The van der Waals surface area contributed by atoms with E-state index < -0.39 is 5.97 Å². The fraction of sp³-hybridized carbons (Fsp3) is 0.417. The monoisotopic (exact) mass is 444 g/mol. The van der Waals surface area contributed by atoms with Crippen molar-refractivity contribution in [3.05, 3.63) is 52.8 Å². The van der Waals surface area contributed by atoms with E-state index in [-0.39, 0.29) is 6.42 Å². The molecule has 0 bridgehead atoms. The molecule has 6 nitrogen and oxygen atoms in total. The molecule has 0 saturated carbocycles. The summed E-state index contributed by atoms with van der Waals surface area (Å²) >= 11 is 6.56. The van der Waals surface area contributed by atoms with E-state index in [1.165, 1.54) is 0 Å². The number of benzene rings is 2. The lowest BCUT2D eigenvalue weighted by molar-refractivity contribution is -0.137. The fourth-order valence-corrected chi connectivity index (χ4v) is 3.67. The molecule has 0 aliphatic heterocycles. The second-order valence-electron chi connectivity index (χ2n) is 7.52. The highest BCUT2D eigenvalue weighted by Crippen LogP contribution is 2.30. The van der Waals surface area contributed by atoms with Crippen molar-refractivity contribution in [3.63, 3.8) is 0 Å². The van der Waals surface area contributed by atoms with Crippen molar-refractivity contribution in [1.29, 1.82) is 0 Å². The normalized spacial score (nSPS) is 11.1. The lowest BCUT2D eigenvalue weighted by Crippen LogP contribution is -2.06. The van der Waals surface area contributed by atoms with Crippen LogP contribution in [0.1, 0.15) is 50.4 Å². The summed E-state index contributed by atoms with van der Waals surface area (Å²) in [5.41, 5.74) is 2.68. The van der Waals surface area contributed by atoms with E-state index >= 15 is 0 Å². The minimum atomic E-state index is -0.824. The van der Waals surface area contributed by atoms with Crippen molar-refractivity contribution in [2.75, 3.05) is 13.2 Å². The van der Waals surface area contributed by atoms with Crippen molar-refractivity contribution >= 4 is 28.6 Å². The number of unbranched alkanes of at least 4 members (excludes halogenated alkanes) is 2. The number of para-hydroxylation sites is 1. The predicted octanol–water partition coefficient (Wildman–Crippen LogP) is 5.86. The van der Waals surface area contributed by atoms with Crippen LogP contribution in [-0.4, -0.2) is 33.8 Å². The van der Waals surface area contributed by atoms with Gasteiger partial charge in [0.05, 0.1) is 25.3 Å². The topological polar surface area (TPSA) is 73.6 Å².